The SMILES string of the molecule is C[C@H](Oc1ccc2oc(-c3ccccc3)c(C(=O)O)c2c1)C(=O)O. The Hall–Kier alpha value is -3.28. The lowest BCUT2D eigenvalue weighted by Gasteiger charge is -2.09. The molecule has 1 heterocycles. The average molecular weight is 326 g/mol. The highest BCUT2D eigenvalue weighted by Gasteiger charge is 2.22. The van der Waals surface area contributed by atoms with Crippen molar-refractivity contribution in [3.05, 3.63) is 54.1 Å². The van der Waals surface area contributed by atoms with E-state index >= 15 is 0 Å². The van der Waals surface area contributed by atoms with Gasteiger partial charge in [-0.05, 0) is 25.1 Å². The van der Waals surface area contributed by atoms with Crippen molar-refractivity contribution in [3.8, 4) is 17.1 Å². The van der Waals surface area contributed by atoms with Crippen LogP contribution in [0, 0.1) is 0 Å². The first-order valence-electron chi connectivity index (χ1n) is 7.22. The van der Waals surface area contributed by atoms with Crippen LogP contribution in [0.2, 0.25) is 0 Å². The maximum absolute atomic E-state index is 11.7. The standard InChI is InChI=1S/C18H14O6/c1-10(17(19)20)23-12-7-8-14-13(9-12)15(18(21)22)16(24-14)11-5-3-2-4-6-11/h2-10H,1H3,(H,19,20)(H,21,22)/t10-/m0/s1. The van der Waals surface area contributed by atoms with Gasteiger partial charge in [0.2, 0.25) is 0 Å². The van der Waals surface area contributed by atoms with Gasteiger partial charge in [0, 0.05) is 10.9 Å². The molecule has 0 unspecified atom stereocenters. The number of ether oxygens (including phenoxy) is 1. The molecule has 2 N–H and O–H groups in total. The number of benzene rings is 2. The molecule has 3 aromatic rings. The number of carboxylic acid groups (broad SMARTS) is 2. The van der Waals surface area contributed by atoms with Gasteiger partial charge in [-0.15, -0.1) is 0 Å². The normalized spacial score (nSPS) is 12.0. The number of furan rings is 1. The molecule has 0 spiro atoms. The number of aliphatic carboxylic acids is 1. The van der Waals surface area contributed by atoms with Crippen LogP contribution in [0.15, 0.2) is 52.9 Å². The zero-order chi connectivity index (χ0) is 17.3. The third-order valence-electron chi connectivity index (χ3n) is 3.57. The molecule has 0 saturated carbocycles. The summed E-state index contributed by atoms with van der Waals surface area (Å²) in [6, 6.07) is 13.5. The molecule has 6 nitrogen and oxygen atoms in total. The van der Waals surface area contributed by atoms with Crippen LogP contribution in [-0.4, -0.2) is 28.3 Å². The second-order valence-corrected chi connectivity index (χ2v) is 5.23. The van der Waals surface area contributed by atoms with E-state index in [1.807, 2.05) is 6.07 Å². The second kappa shape index (κ2) is 6.08. The van der Waals surface area contributed by atoms with E-state index in [2.05, 4.69) is 0 Å². The monoisotopic (exact) mass is 326 g/mol. The number of hydrogen-bond donors (Lipinski definition) is 2. The zero-order valence-corrected chi connectivity index (χ0v) is 12.7. The first-order valence-corrected chi connectivity index (χ1v) is 7.22. The van der Waals surface area contributed by atoms with E-state index in [1.165, 1.54) is 13.0 Å². The molecule has 1 atom stereocenters. The molecule has 0 bridgehead atoms. The Labute approximate surface area is 136 Å². The van der Waals surface area contributed by atoms with Gasteiger partial charge in [-0.25, -0.2) is 9.59 Å². The Bertz CT molecular complexity index is 910. The molecule has 0 saturated heterocycles. The third-order valence-corrected chi connectivity index (χ3v) is 3.57. The summed E-state index contributed by atoms with van der Waals surface area (Å²) < 4.78 is 11.0. The Morgan fingerprint density at radius 2 is 1.79 bits per heavy atom. The van der Waals surface area contributed by atoms with Crippen molar-refractivity contribution in [1.82, 2.24) is 0 Å². The number of fused-ring (bicyclic) bond motifs is 1. The van der Waals surface area contributed by atoms with Crippen LogP contribution in [0.3, 0.4) is 0 Å². The van der Waals surface area contributed by atoms with Crippen molar-refractivity contribution >= 4 is 22.9 Å². The number of carbonyl (C=O) groups is 2. The highest BCUT2D eigenvalue weighted by atomic mass is 16.5. The minimum atomic E-state index is -1.13. The fourth-order valence-corrected chi connectivity index (χ4v) is 2.41. The van der Waals surface area contributed by atoms with Gasteiger partial charge in [0.1, 0.15) is 22.7 Å². The molecule has 122 valence electrons. The summed E-state index contributed by atoms with van der Waals surface area (Å²) in [6.07, 6.45) is -1.05. The Morgan fingerprint density at radius 1 is 1.08 bits per heavy atom. The zero-order valence-electron chi connectivity index (χ0n) is 12.7. The number of hydrogen-bond acceptors (Lipinski definition) is 4. The van der Waals surface area contributed by atoms with Crippen LogP contribution in [0.5, 0.6) is 5.75 Å². The molecule has 2 aromatic carbocycles. The third kappa shape index (κ3) is 2.81. The lowest BCUT2D eigenvalue weighted by molar-refractivity contribution is -0.144. The molecule has 0 aliphatic heterocycles. The average Bonchev–Trinajstić information content (AvgIpc) is 2.94. The van der Waals surface area contributed by atoms with Gasteiger partial charge in [-0.1, -0.05) is 30.3 Å². The minimum absolute atomic E-state index is 0.0182. The van der Waals surface area contributed by atoms with Crippen LogP contribution >= 0.6 is 0 Å². The van der Waals surface area contributed by atoms with Crippen LogP contribution in [0.4, 0.5) is 0 Å². The summed E-state index contributed by atoms with van der Waals surface area (Å²) in [7, 11) is 0. The molecule has 3 rings (SSSR count). The maximum Gasteiger partial charge on any atom is 0.344 e. The fourth-order valence-electron chi connectivity index (χ4n) is 2.41. The predicted molar refractivity (Wildman–Crippen MR) is 86.3 cm³/mol. The first-order chi connectivity index (χ1) is 11.5. The number of carboxylic acids is 2. The molecule has 1 aromatic heterocycles. The molecule has 6 heteroatoms. The lowest BCUT2D eigenvalue weighted by Crippen LogP contribution is -2.22. The van der Waals surface area contributed by atoms with E-state index in [0.717, 1.165) is 0 Å². The molecule has 0 fully saturated rings. The Balaban J connectivity index is 2.14. The molecule has 0 aliphatic carbocycles. The molecule has 0 aliphatic rings. The highest BCUT2D eigenvalue weighted by Crippen LogP contribution is 2.35. The van der Waals surface area contributed by atoms with Crippen molar-refractivity contribution in [2.24, 2.45) is 0 Å². The predicted octanol–water partition coefficient (Wildman–Crippen LogP) is 3.65. The minimum Gasteiger partial charge on any atom is -0.479 e. The van der Waals surface area contributed by atoms with Crippen LogP contribution in [0.25, 0.3) is 22.3 Å². The molecular formula is C18H14O6. The summed E-state index contributed by atoms with van der Waals surface area (Å²) in [5.41, 5.74) is 1.05. The molecule has 0 amide bonds. The van der Waals surface area contributed by atoms with Gasteiger partial charge in [-0.3, -0.25) is 0 Å². The Morgan fingerprint density at radius 3 is 2.42 bits per heavy atom. The summed E-state index contributed by atoms with van der Waals surface area (Å²) in [4.78, 5) is 22.6. The van der Waals surface area contributed by atoms with Crippen LogP contribution < -0.4 is 4.74 Å². The van der Waals surface area contributed by atoms with Gasteiger partial charge in [0.25, 0.3) is 0 Å². The van der Waals surface area contributed by atoms with E-state index in [9.17, 15) is 14.7 Å². The van der Waals surface area contributed by atoms with Crippen molar-refractivity contribution in [2.75, 3.05) is 0 Å². The summed E-state index contributed by atoms with van der Waals surface area (Å²) in [5, 5.41) is 18.9. The van der Waals surface area contributed by atoms with E-state index in [-0.39, 0.29) is 17.1 Å². The van der Waals surface area contributed by atoms with Crippen molar-refractivity contribution in [3.63, 3.8) is 0 Å². The largest absolute Gasteiger partial charge is 0.479 e. The van der Waals surface area contributed by atoms with Crippen molar-refractivity contribution in [2.45, 2.75) is 13.0 Å². The van der Waals surface area contributed by atoms with Gasteiger partial charge < -0.3 is 19.4 Å². The van der Waals surface area contributed by atoms with Gasteiger partial charge in [-0.2, -0.15) is 0 Å². The van der Waals surface area contributed by atoms with Crippen molar-refractivity contribution < 1.29 is 29.0 Å². The van der Waals surface area contributed by atoms with Gasteiger partial charge >= 0.3 is 11.9 Å². The van der Waals surface area contributed by atoms with Crippen LogP contribution in [0.1, 0.15) is 17.3 Å². The molecule has 24 heavy (non-hydrogen) atoms. The number of rotatable bonds is 5. The smallest absolute Gasteiger partial charge is 0.344 e. The van der Waals surface area contributed by atoms with E-state index < -0.39 is 18.0 Å². The topological polar surface area (TPSA) is 97.0 Å². The maximum atomic E-state index is 11.7. The van der Waals surface area contributed by atoms with Gasteiger partial charge in [0.15, 0.2) is 6.10 Å². The van der Waals surface area contributed by atoms with E-state index in [0.29, 0.717) is 16.5 Å². The molecule has 0 radical (unpaired) electrons. The van der Waals surface area contributed by atoms with E-state index in [1.54, 1.807) is 36.4 Å². The quantitative estimate of drug-likeness (QED) is 0.743. The number of aromatic carboxylic acids is 1. The Kier molecular flexibility index (Phi) is 3.95. The van der Waals surface area contributed by atoms with Gasteiger partial charge in [0.05, 0.1) is 0 Å². The lowest BCUT2D eigenvalue weighted by atomic mass is 10.1. The highest BCUT2D eigenvalue weighted by molar-refractivity contribution is 6.08. The summed E-state index contributed by atoms with van der Waals surface area (Å²) >= 11 is 0. The second-order valence-electron chi connectivity index (χ2n) is 5.23. The first kappa shape index (κ1) is 15.6. The van der Waals surface area contributed by atoms with E-state index in [4.69, 9.17) is 14.3 Å². The fraction of sp³-hybridized carbons (Fsp3) is 0.111. The van der Waals surface area contributed by atoms with Crippen LogP contribution in [-0.2, 0) is 4.79 Å². The molecular weight excluding hydrogens is 312 g/mol. The summed E-state index contributed by atoms with van der Waals surface area (Å²) in [6.45, 7) is 1.40. The summed E-state index contributed by atoms with van der Waals surface area (Å²) in [5.74, 6) is -1.72. The van der Waals surface area contributed by atoms with Crippen molar-refractivity contribution in [1.29, 1.82) is 0 Å².